The lowest BCUT2D eigenvalue weighted by Crippen LogP contribution is -2.63. The molecule has 2 N–H and O–H groups in total. The number of alkyl halides is 5. The second-order valence-corrected chi connectivity index (χ2v) is 15.7. The molecule has 0 bridgehead atoms. The minimum absolute atomic E-state index is 0.0682. The van der Waals surface area contributed by atoms with Crippen molar-refractivity contribution in [3.05, 3.63) is 66.2 Å². The van der Waals surface area contributed by atoms with E-state index in [1.165, 1.54) is 12.3 Å². The zero-order valence-electron chi connectivity index (χ0n) is 31.0. The van der Waals surface area contributed by atoms with Gasteiger partial charge in [0, 0.05) is 80.4 Å². The molecule has 55 heavy (non-hydrogen) atoms. The summed E-state index contributed by atoms with van der Waals surface area (Å²) in [5.41, 5.74) is -3.42. The minimum atomic E-state index is -5.08. The number of carbonyl (C=O) groups excluding carboxylic acids is 1. The van der Waals surface area contributed by atoms with Crippen LogP contribution in [0.2, 0.25) is 0 Å². The summed E-state index contributed by atoms with van der Waals surface area (Å²) in [5, 5.41) is 13.5. The number of anilines is 1. The normalized spacial score (nSPS) is 22.7. The molecule has 0 spiro atoms. The zero-order chi connectivity index (χ0) is 39.3. The van der Waals surface area contributed by atoms with Crippen LogP contribution >= 0.6 is 0 Å². The number of nitrogens with zero attached hydrogens (tertiary/aromatic N) is 5. The number of carboxylic acid groups (broad SMARTS) is 1. The van der Waals surface area contributed by atoms with Crippen molar-refractivity contribution in [1.29, 1.82) is 0 Å². The second-order valence-electron chi connectivity index (χ2n) is 15.7. The third kappa shape index (κ3) is 7.71. The summed E-state index contributed by atoms with van der Waals surface area (Å²) in [4.78, 5) is 41.3. The van der Waals surface area contributed by atoms with Gasteiger partial charge in [0.1, 0.15) is 17.4 Å². The van der Waals surface area contributed by atoms with E-state index in [9.17, 15) is 36.6 Å². The van der Waals surface area contributed by atoms with Gasteiger partial charge in [0.25, 0.3) is 11.8 Å². The Labute approximate surface area is 315 Å². The number of hydrogen-bond acceptors (Lipinski definition) is 7. The molecule has 4 atom stereocenters. The molecule has 2 saturated carbocycles. The van der Waals surface area contributed by atoms with Gasteiger partial charge in [-0.3, -0.25) is 4.79 Å². The first-order valence-corrected chi connectivity index (χ1v) is 18.9. The largest absolute Gasteiger partial charge is 0.490 e. The fourth-order valence-corrected chi connectivity index (χ4v) is 8.53. The number of aromatic nitrogens is 4. The van der Waals surface area contributed by atoms with E-state index in [1.807, 2.05) is 6.92 Å². The van der Waals surface area contributed by atoms with Crippen molar-refractivity contribution < 1.29 is 41.4 Å². The summed E-state index contributed by atoms with van der Waals surface area (Å²) < 4.78 is 80.5. The van der Waals surface area contributed by atoms with Crippen LogP contribution in [0.15, 0.2) is 55.0 Å². The summed E-state index contributed by atoms with van der Waals surface area (Å²) in [6.45, 7) is 6.56. The van der Waals surface area contributed by atoms with Gasteiger partial charge in [-0.2, -0.15) is 13.2 Å². The van der Waals surface area contributed by atoms with Crippen molar-refractivity contribution in [2.24, 2.45) is 23.7 Å². The van der Waals surface area contributed by atoms with Crippen molar-refractivity contribution in [2.75, 3.05) is 18.0 Å². The molecule has 4 unspecified atom stereocenters. The molecule has 3 aromatic heterocycles. The minimum Gasteiger partial charge on any atom is -0.490 e. The molecule has 1 amide bonds. The summed E-state index contributed by atoms with van der Waals surface area (Å²) in [7, 11) is 0. The summed E-state index contributed by atoms with van der Waals surface area (Å²) >= 11 is 0. The summed E-state index contributed by atoms with van der Waals surface area (Å²) in [6, 6.07) is 9.13. The van der Waals surface area contributed by atoms with Gasteiger partial charge in [0.2, 0.25) is 5.95 Å². The Bertz CT molecular complexity index is 2050. The maximum Gasteiger partial charge on any atom is 0.434 e. The van der Waals surface area contributed by atoms with Crippen molar-refractivity contribution in [3.63, 3.8) is 0 Å². The van der Waals surface area contributed by atoms with E-state index in [0.717, 1.165) is 18.9 Å². The number of carboxylic acids is 1. The number of rotatable bonds is 11. The predicted octanol–water partition coefficient (Wildman–Crippen LogP) is 8.25. The van der Waals surface area contributed by atoms with Crippen LogP contribution in [-0.2, 0) is 17.5 Å². The van der Waals surface area contributed by atoms with E-state index < -0.39 is 58.5 Å². The van der Waals surface area contributed by atoms with Crippen LogP contribution in [0, 0.1) is 23.7 Å². The molecule has 3 aliphatic rings. The van der Waals surface area contributed by atoms with E-state index in [2.05, 4.69) is 25.2 Å². The molecule has 3 fully saturated rings. The average Bonchev–Trinajstić information content (AvgIpc) is 3.60. The van der Waals surface area contributed by atoms with E-state index in [4.69, 9.17) is 4.74 Å². The Morgan fingerprint density at radius 3 is 2.38 bits per heavy atom. The average molecular weight is 769 g/mol. The molecule has 1 aromatic carbocycles. The number of carbonyl (C=O) groups is 2. The van der Waals surface area contributed by atoms with Crippen molar-refractivity contribution in [1.82, 2.24) is 24.8 Å². The Morgan fingerprint density at radius 1 is 1.05 bits per heavy atom. The van der Waals surface area contributed by atoms with Crippen LogP contribution in [0.1, 0.15) is 81.8 Å². The van der Waals surface area contributed by atoms with Crippen molar-refractivity contribution in [3.8, 4) is 17.0 Å². The first-order chi connectivity index (χ1) is 26.1. The molecule has 15 heteroatoms. The third-order valence-electron chi connectivity index (χ3n) is 11.7. The van der Waals surface area contributed by atoms with Crippen LogP contribution in [0.4, 0.5) is 27.9 Å². The Hall–Kier alpha value is -4.82. The number of amides is 1. The Balaban J connectivity index is 1.20. The van der Waals surface area contributed by atoms with Crippen LogP contribution in [-0.4, -0.2) is 67.2 Å². The molecule has 7 rings (SSSR count). The van der Waals surface area contributed by atoms with Gasteiger partial charge in [-0.15, -0.1) is 0 Å². The molecule has 294 valence electrons. The Kier molecular flexibility index (Phi) is 10.3. The number of nitrogens with one attached hydrogen (secondary N) is 1. The predicted molar refractivity (Wildman–Crippen MR) is 195 cm³/mol. The smallest absolute Gasteiger partial charge is 0.434 e. The van der Waals surface area contributed by atoms with E-state index in [0.29, 0.717) is 61.4 Å². The molecule has 4 aromatic rings. The highest BCUT2D eigenvalue weighted by molar-refractivity contribution is 6.00. The van der Waals surface area contributed by atoms with Gasteiger partial charge >= 0.3 is 12.1 Å². The van der Waals surface area contributed by atoms with E-state index in [1.54, 1.807) is 55.1 Å². The lowest BCUT2D eigenvalue weighted by molar-refractivity contribution is -0.150. The quantitative estimate of drug-likeness (QED) is 0.146. The number of benzene rings is 1. The van der Waals surface area contributed by atoms with Gasteiger partial charge in [-0.25, -0.2) is 28.5 Å². The monoisotopic (exact) mass is 768 g/mol. The number of fused-ring (bicyclic) bond motifs is 1. The zero-order valence-corrected chi connectivity index (χ0v) is 31.0. The first kappa shape index (κ1) is 38.5. The number of ether oxygens (including phenoxy) is 1. The molecule has 0 radical (unpaired) electrons. The van der Waals surface area contributed by atoms with Crippen LogP contribution in [0.5, 0.6) is 5.75 Å². The van der Waals surface area contributed by atoms with Gasteiger partial charge < -0.3 is 24.6 Å². The summed E-state index contributed by atoms with van der Waals surface area (Å²) in [5.74, 6) is -6.02. The van der Waals surface area contributed by atoms with Gasteiger partial charge in [-0.1, -0.05) is 33.6 Å². The lowest BCUT2D eigenvalue weighted by Gasteiger charge is -2.44. The third-order valence-corrected chi connectivity index (χ3v) is 11.7. The highest BCUT2D eigenvalue weighted by Gasteiger charge is 2.57. The number of piperidine rings is 1. The second kappa shape index (κ2) is 14.7. The Morgan fingerprint density at radius 2 is 1.76 bits per heavy atom. The highest BCUT2D eigenvalue weighted by Crippen LogP contribution is 2.50. The molecule has 4 heterocycles. The number of hydrogen-bond donors (Lipinski definition) is 2. The lowest BCUT2D eigenvalue weighted by atomic mass is 9.66. The molecular weight excluding hydrogens is 723 g/mol. The first-order valence-electron chi connectivity index (χ1n) is 18.9. The van der Waals surface area contributed by atoms with Crippen LogP contribution in [0.3, 0.4) is 0 Å². The standard InChI is InChI=1S/C40H45F5N6O4/c1-23(2)39(36(53)54,25-7-4-6-24(3)18-25)49-35(52)30-10-11-32(48-34(30)40(43,44)45)31-22-51(21-26-20-38(26,41)42)33-19-28(8-9-29(31)33)55-27-12-16-50(17-13-27)37-46-14-5-15-47-37/h5,8-11,14-15,19,22-27H,4,6-7,12-13,16-18,20-21H2,1-3H3,(H,49,52)(H,53,54). The summed E-state index contributed by atoms with van der Waals surface area (Å²) in [6.07, 6.45) is 3.42. The van der Waals surface area contributed by atoms with E-state index in [-0.39, 0.29) is 36.2 Å². The highest BCUT2D eigenvalue weighted by atomic mass is 19.4. The van der Waals surface area contributed by atoms with Gasteiger partial charge in [0.15, 0.2) is 5.69 Å². The van der Waals surface area contributed by atoms with Crippen LogP contribution in [0.25, 0.3) is 22.2 Å². The SMILES string of the molecule is CC1CCCC(C(NC(=O)c2ccc(-c3cn(CC4CC4(F)F)c4cc(OC5CCN(c6ncccn6)CC5)ccc34)nc2C(F)(F)F)(C(=O)O)C(C)C)C1. The molecule has 1 saturated heterocycles. The fourth-order valence-electron chi connectivity index (χ4n) is 8.53. The van der Waals surface area contributed by atoms with Crippen LogP contribution < -0.4 is 15.0 Å². The van der Waals surface area contributed by atoms with Crippen molar-refractivity contribution >= 4 is 28.7 Å². The van der Waals surface area contributed by atoms with Gasteiger partial charge in [0.05, 0.1) is 16.8 Å². The van der Waals surface area contributed by atoms with Crippen molar-refractivity contribution in [2.45, 2.75) is 96.0 Å². The fraction of sp³-hybridized carbons (Fsp3) is 0.525. The topological polar surface area (TPSA) is 122 Å². The molecule has 2 aliphatic carbocycles. The number of aliphatic carboxylic acids is 1. The number of halogens is 5. The molecule has 1 aliphatic heterocycles. The molecular formula is C40H45F5N6O4. The van der Waals surface area contributed by atoms with Gasteiger partial charge in [-0.05, 0) is 60.9 Å². The number of pyridine rings is 1. The molecule has 10 nitrogen and oxygen atoms in total. The maximum atomic E-state index is 14.8. The maximum absolute atomic E-state index is 14.8. The van der Waals surface area contributed by atoms with E-state index >= 15 is 0 Å².